The summed E-state index contributed by atoms with van der Waals surface area (Å²) in [7, 11) is 0. The lowest BCUT2D eigenvalue weighted by Crippen LogP contribution is -2.25. The Hall–Kier alpha value is -3.41. The lowest BCUT2D eigenvalue weighted by atomic mass is 9.98. The monoisotopic (exact) mass is 368 g/mol. The van der Waals surface area contributed by atoms with Gasteiger partial charge in [-0.2, -0.15) is 0 Å². The number of aliphatic hydroxyl groups excluding tert-OH is 1. The Labute approximate surface area is 157 Å². The van der Waals surface area contributed by atoms with Crippen molar-refractivity contribution in [1.29, 1.82) is 0 Å². The largest absolute Gasteiger partial charge is 0.515 e. The third-order valence-electron chi connectivity index (χ3n) is 3.75. The van der Waals surface area contributed by atoms with Crippen LogP contribution in [0.3, 0.4) is 0 Å². The number of benzene rings is 2. The second-order valence-electron chi connectivity index (χ2n) is 5.70. The van der Waals surface area contributed by atoms with Crippen molar-refractivity contribution in [3.05, 3.63) is 83.1 Å². The molecular weight excluding hydrogens is 348 g/mol. The van der Waals surface area contributed by atoms with Crippen LogP contribution in [-0.2, 0) is 14.3 Å². The molecule has 2 rings (SSSR count). The van der Waals surface area contributed by atoms with E-state index in [1.165, 1.54) is 19.1 Å². The number of carbonyl (C=O) groups excluding carboxylic acids is 3. The maximum absolute atomic E-state index is 12.7. The summed E-state index contributed by atoms with van der Waals surface area (Å²) in [5.41, 5.74) is 0.695. The van der Waals surface area contributed by atoms with Crippen LogP contribution in [0.5, 0.6) is 0 Å². The molecule has 1 atom stereocenters. The first-order chi connectivity index (χ1) is 13.0. The minimum Gasteiger partial charge on any atom is -0.515 e. The number of carbonyl (C=O) groups is 3. The van der Waals surface area contributed by atoms with Crippen molar-refractivity contribution < 1.29 is 29.0 Å². The quantitative estimate of drug-likeness (QED) is 0.263. The highest BCUT2D eigenvalue weighted by atomic mass is 16.7. The van der Waals surface area contributed by atoms with Gasteiger partial charge < -0.3 is 14.6 Å². The van der Waals surface area contributed by atoms with Crippen molar-refractivity contribution in [2.75, 3.05) is 0 Å². The highest BCUT2D eigenvalue weighted by Gasteiger charge is 2.23. The van der Waals surface area contributed by atoms with Gasteiger partial charge in [-0.1, -0.05) is 55.5 Å². The molecular formula is C21H20O6. The van der Waals surface area contributed by atoms with Crippen molar-refractivity contribution >= 4 is 17.7 Å². The molecule has 2 aromatic carbocycles. The third kappa shape index (κ3) is 5.04. The van der Waals surface area contributed by atoms with Crippen molar-refractivity contribution in [3.63, 3.8) is 0 Å². The van der Waals surface area contributed by atoms with Gasteiger partial charge in [0, 0.05) is 17.5 Å². The number of hydrogen-bond donors (Lipinski definition) is 1. The second-order valence-corrected chi connectivity index (χ2v) is 5.70. The van der Waals surface area contributed by atoms with Gasteiger partial charge in [0.25, 0.3) is 0 Å². The van der Waals surface area contributed by atoms with Crippen LogP contribution in [-0.4, -0.2) is 29.1 Å². The average molecular weight is 368 g/mol. The molecule has 0 amide bonds. The van der Waals surface area contributed by atoms with Crippen molar-refractivity contribution in [3.8, 4) is 0 Å². The second kappa shape index (κ2) is 9.33. The van der Waals surface area contributed by atoms with E-state index in [1.807, 2.05) is 0 Å². The number of ether oxygens (including phenoxy) is 2. The van der Waals surface area contributed by atoms with Gasteiger partial charge in [0.1, 0.15) is 0 Å². The molecule has 1 unspecified atom stereocenters. The minimum atomic E-state index is -1.14. The standard InChI is InChI=1S/C21H20O6/c1-3-18(26-20(24)14(2)13-22)27-21(25)17-12-8-7-11-16(17)19(23)15-9-5-4-6-10-15/h4-13,18,22H,3H2,1-2H3/b14-13+. The van der Waals surface area contributed by atoms with E-state index in [0.29, 0.717) is 11.8 Å². The summed E-state index contributed by atoms with van der Waals surface area (Å²) in [5, 5.41) is 8.85. The van der Waals surface area contributed by atoms with Gasteiger partial charge in [0.15, 0.2) is 5.78 Å². The van der Waals surface area contributed by atoms with Crippen LogP contribution < -0.4 is 0 Å². The normalized spacial score (nSPS) is 12.1. The van der Waals surface area contributed by atoms with E-state index in [4.69, 9.17) is 14.6 Å². The molecule has 27 heavy (non-hydrogen) atoms. The molecule has 0 fully saturated rings. The molecule has 0 aromatic heterocycles. The summed E-state index contributed by atoms with van der Waals surface area (Å²) < 4.78 is 10.3. The highest BCUT2D eigenvalue weighted by Crippen LogP contribution is 2.17. The van der Waals surface area contributed by atoms with E-state index in [0.717, 1.165) is 0 Å². The van der Waals surface area contributed by atoms with Crippen LogP contribution in [0.4, 0.5) is 0 Å². The number of hydrogen-bond acceptors (Lipinski definition) is 6. The van der Waals surface area contributed by atoms with Crippen molar-refractivity contribution in [2.24, 2.45) is 0 Å². The van der Waals surface area contributed by atoms with E-state index in [9.17, 15) is 14.4 Å². The van der Waals surface area contributed by atoms with Crippen LogP contribution in [0.15, 0.2) is 66.4 Å². The smallest absolute Gasteiger partial charge is 0.341 e. The van der Waals surface area contributed by atoms with E-state index in [-0.39, 0.29) is 28.9 Å². The molecule has 0 aliphatic rings. The van der Waals surface area contributed by atoms with Crippen LogP contribution in [0.2, 0.25) is 0 Å². The first-order valence-corrected chi connectivity index (χ1v) is 8.39. The zero-order chi connectivity index (χ0) is 19.8. The fourth-order valence-electron chi connectivity index (χ4n) is 2.24. The Morgan fingerprint density at radius 3 is 2.15 bits per heavy atom. The van der Waals surface area contributed by atoms with E-state index >= 15 is 0 Å². The number of esters is 2. The van der Waals surface area contributed by atoms with Crippen LogP contribution in [0.1, 0.15) is 46.5 Å². The fraction of sp³-hybridized carbons (Fsp3) is 0.190. The molecule has 0 radical (unpaired) electrons. The Morgan fingerprint density at radius 1 is 0.963 bits per heavy atom. The first-order valence-electron chi connectivity index (χ1n) is 8.39. The van der Waals surface area contributed by atoms with Gasteiger partial charge in [-0.15, -0.1) is 0 Å². The average Bonchev–Trinajstić information content (AvgIpc) is 2.72. The molecule has 140 valence electrons. The summed E-state index contributed by atoms with van der Waals surface area (Å²) in [5.74, 6) is -1.89. The molecule has 0 bridgehead atoms. The first kappa shape index (κ1) is 19.9. The molecule has 0 saturated heterocycles. The minimum absolute atomic E-state index is 0.0239. The Morgan fingerprint density at radius 2 is 1.56 bits per heavy atom. The van der Waals surface area contributed by atoms with Gasteiger partial charge in [-0.3, -0.25) is 4.79 Å². The maximum atomic E-state index is 12.7. The molecule has 2 aromatic rings. The van der Waals surface area contributed by atoms with Gasteiger partial charge in [0.05, 0.1) is 17.4 Å². The molecule has 6 heteroatoms. The molecule has 0 heterocycles. The lowest BCUT2D eigenvalue weighted by molar-refractivity contribution is -0.164. The zero-order valence-electron chi connectivity index (χ0n) is 15.0. The fourth-order valence-corrected chi connectivity index (χ4v) is 2.24. The Kier molecular flexibility index (Phi) is 6.88. The molecule has 1 N–H and O–H groups in total. The van der Waals surface area contributed by atoms with E-state index in [1.54, 1.807) is 49.4 Å². The van der Waals surface area contributed by atoms with Gasteiger partial charge in [0.2, 0.25) is 6.29 Å². The zero-order valence-corrected chi connectivity index (χ0v) is 15.0. The Balaban J connectivity index is 2.21. The molecule has 0 aliphatic heterocycles. The summed E-state index contributed by atoms with van der Waals surface area (Å²) in [4.78, 5) is 37.0. The predicted octanol–water partition coefficient (Wildman–Crippen LogP) is 3.82. The molecule has 6 nitrogen and oxygen atoms in total. The van der Waals surface area contributed by atoms with E-state index in [2.05, 4.69) is 0 Å². The summed E-state index contributed by atoms with van der Waals surface area (Å²) >= 11 is 0. The molecule has 0 saturated carbocycles. The maximum Gasteiger partial charge on any atom is 0.341 e. The SMILES string of the molecule is CCC(OC(=O)/C(C)=C/O)OC(=O)c1ccccc1C(=O)c1ccccc1. The number of rotatable bonds is 7. The van der Waals surface area contributed by atoms with Crippen molar-refractivity contribution in [2.45, 2.75) is 26.6 Å². The van der Waals surface area contributed by atoms with Gasteiger partial charge in [-0.05, 0) is 13.0 Å². The molecule has 0 spiro atoms. The summed E-state index contributed by atoms with van der Waals surface area (Å²) in [6.45, 7) is 3.04. The van der Waals surface area contributed by atoms with Gasteiger partial charge >= 0.3 is 11.9 Å². The highest BCUT2D eigenvalue weighted by molar-refractivity contribution is 6.14. The van der Waals surface area contributed by atoms with E-state index < -0.39 is 18.2 Å². The summed E-state index contributed by atoms with van der Waals surface area (Å²) in [6.07, 6.45) is -0.310. The third-order valence-corrected chi connectivity index (χ3v) is 3.75. The van der Waals surface area contributed by atoms with Crippen LogP contribution in [0.25, 0.3) is 0 Å². The van der Waals surface area contributed by atoms with Crippen LogP contribution in [0, 0.1) is 0 Å². The summed E-state index contributed by atoms with van der Waals surface area (Å²) in [6, 6.07) is 14.9. The molecule has 0 aliphatic carbocycles. The lowest BCUT2D eigenvalue weighted by Gasteiger charge is -2.17. The predicted molar refractivity (Wildman–Crippen MR) is 98.3 cm³/mol. The number of ketones is 1. The Bertz CT molecular complexity index is 854. The van der Waals surface area contributed by atoms with Gasteiger partial charge in [-0.25, -0.2) is 9.59 Å². The topological polar surface area (TPSA) is 89.9 Å². The van der Waals surface area contributed by atoms with Crippen molar-refractivity contribution in [1.82, 2.24) is 0 Å². The van der Waals surface area contributed by atoms with Crippen LogP contribution >= 0.6 is 0 Å². The number of aliphatic hydroxyl groups is 1.